The minimum absolute atomic E-state index is 0. The average Bonchev–Trinajstić information content (AvgIpc) is 1.41. The molecule has 0 spiro atoms. The Kier molecular flexibility index (Phi) is 20.1. The van der Waals surface area contributed by atoms with Crippen LogP contribution >= 0.6 is 0 Å². The largest absolute Gasteiger partial charge is 5.00 e. The van der Waals surface area contributed by atoms with Crippen molar-refractivity contribution in [1.29, 1.82) is 0 Å². The molecule has 4 N–H and O–H groups in total. The first-order valence-electron chi connectivity index (χ1n) is 2.00. The van der Waals surface area contributed by atoms with Crippen LogP contribution in [-0.2, 0) is 49.8 Å². The molecule has 0 aromatic carbocycles. The van der Waals surface area contributed by atoms with Crippen LogP contribution in [0.5, 0.6) is 0 Å². The Bertz CT molecular complexity index is 343. The summed E-state index contributed by atoms with van der Waals surface area (Å²) in [7, 11) is -15.5. The fourth-order valence-corrected chi connectivity index (χ4v) is 0. The van der Waals surface area contributed by atoms with E-state index in [2.05, 4.69) is 0 Å². The Morgan fingerprint density at radius 3 is 0.471 bits per heavy atom. The van der Waals surface area contributed by atoms with Crippen molar-refractivity contribution in [1.82, 2.24) is 6.15 Å². The Morgan fingerprint density at radius 1 is 0.471 bits per heavy atom. The summed E-state index contributed by atoms with van der Waals surface area (Å²) in [5, 5.41) is 0. The fourth-order valence-electron chi connectivity index (χ4n) is 0. The third kappa shape index (κ3) is 136000. The Morgan fingerprint density at radius 2 is 0.471 bits per heavy atom. The first-order chi connectivity index (χ1) is 6.00. The van der Waals surface area contributed by atoms with Crippen molar-refractivity contribution in [2.24, 2.45) is 0 Å². The molecule has 17 heavy (non-hydrogen) atoms. The van der Waals surface area contributed by atoms with E-state index < -0.39 is 31.2 Å². The van der Waals surface area contributed by atoms with Gasteiger partial charge in [-0.25, -0.2) is 0 Å². The second-order valence-corrected chi connectivity index (χ2v) is 3.67. The van der Waals surface area contributed by atoms with Crippen molar-refractivity contribution in [3.8, 4) is 0 Å². The zero-order valence-corrected chi connectivity index (χ0v) is 11.4. The van der Waals surface area contributed by atoms with Crippen molar-refractivity contribution < 1.29 is 71.1 Å². The molecular formula is H4NO12S3V. The smallest absolute Gasteiger partial charge is 0.759 e. The fraction of sp³-hybridized carbons (Fsp3) is 0. The van der Waals surface area contributed by atoms with Crippen LogP contribution in [0.2, 0.25) is 0 Å². The molecule has 0 unspecified atom stereocenters. The van der Waals surface area contributed by atoms with E-state index >= 15 is 0 Å². The van der Waals surface area contributed by atoms with Crippen molar-refractivity contribution >= 4 is 31.2 Å². The Hall–Kier alpha value is 0.154. The van der Waals surface area contributed by atoms with Crippen LogP contribution in [0.3, 0.4) is 0 Å². The molecule has 0 atom stereocenters. The summed E-state index contributed by atoms with van der Waals surface area (Å²) in [6, 6.07) is 0. The third-order valence-corrected chi connectivity index (χ3v) is 0. The van der Waals surface area contributed by atoms with Crippen molar-refractivity contribution in [2.45, 2.75) is 0 Å². The molecule has 13 nitrogen and oxygen atoms in total. The number of hydrogen-bond acceptors (Lipinski definition) is 12. The third-order valence-electron chi connectivity index (χ3n) is 0. The van der Waals surface area contributed by atoms with E-state index in [0.717, 1.165) is 0 Å². The molecule has 0 saturated carbocycles. The predicted octanol–water partition coefficient (Wildman–Crippen LogP) is -3.64. The molecule has 0 radical (unpaired) electrons. The molecule has 0 fully saturated rings. The zero-order chi connectivity index (χ0) is 13.5. The number of quaternary nitrogens is 1. The summed E-state index contributed by atoms with van der Waals surface area (Å²) in [5.41, 5.74) is 0. The molecule has 0 aromatic heterocycles. The molecular weight excluding hydrogens is 353 g/mol. The maximum Gasteiger partial charge on any atom is 5.00 e. The maximum atomic E-state index is 8.52. The van der Waals surface area contributed by atoms with Crippen molar-refractivity contribution in [3.05, 3.63) is 0 Å². The summed E-state index contributed by atoms with van der Waals surface area (Å²) in [5.74, 6) is 0. The first kappa shape index (κ1) is 30.3. The van der Waals surface area contributed by atoms with E-state index in [9.17, 15) is 0 Å². The average molecular weight is 357 g/mol. The van der Waals surface area contributed by atoms with Gasteiger partial charge in [0.2, 0.25) is 0 Å². The van der Waals surface area contributed by atoms with Gasteiger partial charge in [0, 0.05) is 31.2 Å². The molecule has 104 valence electrons. The molecule has 0 bridgehead atoms. The summed E-state index contributed by atoms with van der Waals surface area (Å²) >= 11 is 0. The van der Waals surface area contributed by atoms with Gasteiger partial charge in [0.15, 0.2) is 0 Å². The van der Waals surface area contributed by atoms with E-state index in [0.29, 0.717) is 0 Å². The number of hydrogen-bond donors (Lipinski definition) is 1. The van der Waals surface area contributed by atoms with Gasteiger partial charge in [0.1, 0.15) is 0 Å². The molecule has 0 saturated heterocycles. The standard InChI is InChI=1S/H3N.3H2O4S.V/c;3*1-5(2,3)4;/h1H3;3*(H2,1,2,3,4);/q;;;;+5/p-5. The van der Waals surface area contributed by atoms with Crippen LogP contribution in [0, 0.1) is 0 Å². The minimum Gasteiger partial charge on any atom is -0.759 e. The van der Waals surface area contributed by atoms with Gasteiger partial charge in [0.05, 0.1) is 0 Å². The maximum absolute atomic E-state index is 8.52. The van der Waals surface area contributed by atoms with Crippen LogP contribution in [0.25, 0.3) is 0 Å². The van der Waals surface area contributed by atoms with Crippen LogP contribution in [0.1, 0.15) is 0 Å². The van der Waals surface area contributed by atoms with Crippen molar-refractivity contribution in [3.63, 3.8) is 0 Å². The van der Waals surface area contributed by atoms with Crippen LogP contribution < -0.4 is 6.15 Å². The molecule has 0 aliphatic carbocycles. The van der Waals surface area contributed by atoms with E-state index in [-0.39, 0.29) is 24.7 Å². The van der Waals surface area contributed by atoms with E-state index in [4.69, 9.17) is 52.6 Å². The zero-order valence-electron chi connectivity index (χ0n) is 7.57. The van der Waals surface area contributed by atoms with Gasteiger partial charge in [-0.15, -0.1) is 0 Å². The van der Waals surface area contributed by atoms with E-state index in [1.165, 1.54) is 0 Å². The molecule has 0 aliphatic rings. The van der Waals surface area contributed by atoms with Crippen LogP contribution in [-0.4, -0.2) is 52.6 Å². The monoisotopic (exact) mass is 357 g/mol. The van der Waals surface area contributed by atoms with Gasteiger partial charge < -0.3 is 33.5 Å². The van der Waals surface area contributed by atoms with Gasteiger partial charge in [0.25, 0.3) is 0 Å². The predicted molar refractivity (Wildman–Crippen MR) is 37.4 cm³/mol. The summed E-state index contributed by atoms with van der Waals surface area (Å²) in [6.45, 7) is 0. The van der Waals surface area contributed by atoms with Gasteiger partial charge >= 0.3 is 18.6 Å². The normalized spacial score (nSPS) is 10.2. The minimum atomic E-state index is -5.17. The second kappa shape index (κ2) is 11.3. The van der Waals surface area contributed by atoms with Crippen molar-refractivity contribution in [2.75, 3.05) is 0 Å². The van der Waals surface area contributed by atoms with Crippen LogP contribution in [0.15, 0.2) is 0 Å². The van der Waals surface area contributed by atoms with Gasteiger partial charge in [-0.05, 0) is 0 Å². The quantitative estimate of drug-likeness (QED) is 0.324. The van der Waals surface area contributed by atoms with Gasteiger partial charge in [-0.2, -0.15) is 0 Å². The molecule has 0 aliphatic heterocycles. The summed E-state index contributed by atoms with van der Waals surface area (Å²) in [6.07, 6.45) is 0. The van der Waals surface area contributed by atoms with E-state index in [1.54, 1.807) is 0 Å². The van der Waals surface area contributed by atoms with E-state index in [1.807, 2.05) is 0 Å². The Labute approximate surface area is 108 Å². The van der Waals surface area contributed by atoms with Gasteiger partial charge in [-0.3, -0.25) is 25.3 Å². The summed E-state index contributed by atoms with van der Waals surface area (Å²) < 4.78 is 102. The topological polar surface area (TPSA) is 277 Å². The molecule has 0 aromatic rings. The molecule has 17 heteroatoms. The van der Waals surface area contributed by atoms with Gasteiger partial charge in [-0.1, -0.05) is 0 Å². The SMILES string of the molecule is O=S(=O)([O-])[O-].O=S(=O)([O-])[O-].O=S(=O)([O-])[O-].[NH4+].[V+5]. The molecule has 0 amide bonds. The number of rotatable bonds is 0. The first-order valence-corrected chi connectivity index (χ1v) is 6.00. The second-order valence-electron chi connectivity index (χ2n) is 1.22. The molecule has 0 rings (SSSR count). The summed E-state index contributed by atoms with van der Waals surface area (Å²) in [4.78, 5) is 0. The van der Waals surface area contributed by atoms with Crippen LogP contribution in [0.4, 0.5) is 0 Å². The molecule has 0 heterocycles. The Balaban J connectivity index is -0.0000000400.